The topological polar surface area (TPSA) is 34.6 Å². The molecular weight excluding hydrogens is 264 g/mol. The minimum Gasteiger partial charge on any atom is -0.496 e. The van der Waals surface area contributed by atoms with Gasteiger partial charge < -0.3 is 14.4 Å². The third-order valence-corrected chi connectivity index (χ3v) is 3.04. The SMILES string of the molecule is COc1cc(OCCN(C)C)nc2c(Cl)cccc12. The molecule has 0 unspecified atom stereocenters. The quantitative estimate of drug-likeness (QED) is 0.843. The molecule has 4 nitrogen and oxygen atoms in total. The van der Waals surface area contributed by atoms with Crippen molar-refractivity contribution in [2.75, 3.05) is 34.4 Å². The Morgan fingerprint density at radius 1 is 1.32 bits per heavy atom. The van der Waals surface area contributed by atoms with Crippen molar-refractivity contribution in [1.82, 2.24) is 9.88 Å². The number of benzene rings is 1. The molecule has 0 saturated heterocycles. The Hall–Kier alpha value is -1.52. The summed E-state index contributed by atoms with van der Waals surface area (Å²) in [7, 11) is 5.61. The van der Waals surface area contributed by atoms with Crippen LogP contribution in [0, 0.1) is 0 Å². The van der Waals surface area contributed by atoms with Gasteiger partial charge in [0, 0.05) is 18.0 Å². The molecule has 0 bridgehead atoms. The molecule has 2 aromatic rings. The van der Waals surface area contributed by atoms with Gasteiger partial charge in [-0.15, -0.1) is 0 Å². The smallest absolute Gasteiger partial charge is 0.217 e. The fourth-order valence-corrected chi connectivity index (χ4v) is 1.95. The molecular formula is C14H17ClN2O2. The molecule has 0 amide bonds. The predicted octanol–water partition coefficient (Wildman–Crippen LogP) is 2.84. The minimum atomic E-state index is 0.527. The summed E-state index contributed by atoms with van der Waals surface area (Å²) in [6, 6.07) is 7.40. The second-order valence-electron chi connectivity index (χ2n) is 4.45. The number of halogens is 1. The Morgan fingerprint density at radius 2 is 2.11 bits per heavy atom. The lowest BCUT2D eigenvalue weighted by molar-refractivity contribution is 0.253. The summed E-state index contributed by atoms with van der Waals surface area (Å²) in [6.45, 7) is 1.39. The van der Waals surface area contributed by atoms with Crippen LogP contribution in [-0.2, 0) is 0 Å². The Labute approximate surface area is 117 Å². The molecule has 2 rings (SSSR count). The lowest BCUT2D eigenvalue weighted by atomic mass is 10.2. The number of para-hydroxylation sites is 1. The Balaban J connectivity index is 2.33. The molecule has 0 N–H and O–H groups in total. The molecule has 1 heterocycles. The van der Waals surface area contributed by atoms with Gasteiger partial charge in [0.2, 0.25) is 5.88 Å². The largest absolute Gasteiger partial charge is 0.496 e. The average Bonchev–Trinajstić information content (AvgIpc) is 2.38. The fraction of sp³-hybridized carbons (Fsp3) is 0.357. The van der Waals surface area contributed by atoms with Crippen LogP contribution in [0.15, 0.2) is 24.3 Å². The Bertz CT molecular complexity index is 573. The molecule has 0 aliphatic carbocycles. The fourth-order valence-electron chi connectivity index (χ4n) is 1.74. The third kappa shape index (κ3) is 3.28. The first-order valence-electron chi connectivity index (χ1n) is 6.02. The maximum atomic E-state index is 6.16. The summed E-state index contributed by atoms with van der Waals surface area (Å²) in [5.74, 6) is 1.24. The zero-order chi connectivity index (χ0) is 13.8. The number of pyridine rings is 1. The number of rotatable bonds is 5. The molecule has 0 spiro atoms. The lowest BCUT2D eigenvalue weighted by Crippen LogP contribution is -2.19. The van der Waals surface area contributed by atoms with Gasteiger partial charge >= 0.3 is 0 Å². The number of hydrogen-bond acceptors (Lipinski definition) is 4. The molecule has 0 fully saturated rings. The molecule has 0 saturated carbocycles. The van der Waals surface area contributed by atoms with E-state index in [2.05, 4.69) is 4.98 Å². The average molecular weight is 281 g/mol. The van der Waals surface area contributed by atoms with E-state index in [4.69, 9.17) is 21.1 Å². The number of hydrogen-bond donors (Lipinski definition) is 0. The molecule has 0 atom stereocenters. The molecule has 0 radical (unpaired) electrons. The number of nitrogens with zero attached hydrogens (tertiary/aromatic N) is 2. The van der Waals surface area contributed by atoms with E-state index in [-0.39, 0.29) is 0 Å². The van der Waals surface area contributed by atoms with Crippen molar-refractivity contribution in [3.63, 3.8) is 0 Å². The normalized spacial score (nSPS) is 11.0. The van der Waals surface area contributed by atoms with Gasteiger partial charge in [-0.2, -0.15) is 0 Å². The molecule has 0 aliphatic rings. The summed E-state index contributed by atoms with van der Waals surface area (Å²) in [4.78, 5) is 6.47. The lowest BCUT2D eigenvalue weighted by Gasteiger charge is -2.12. The van der Waals surface area contributed by atoms with Crippen LogP contribution in [-0.4, -0.2) is 44.2 Å². The van der Waals surface area contributed by atoms with Crippen molar-refractivity contribution in [2.45, 2.75) is 0 Å². The highest BCUT2D eigenvalue weighted by atomic mass is 35.5. The standard InChI is InChI=1S/C14H17ClN2O2/c1-17(2)7-8-19-13-9-12(18-3)10-5-4-6-11(15)14(10)16-13/h4-6,9H,7-8H2,1-3H3. The van der Waals surface area contributed by atoms with E-state index in [9.17, 15) is 0 Å². The van der Waals surface area contributed by atoms with Crippen molar-refractivity contribution in [1.29, 1.82) is 0 Å². The minimum absolute atomic E-state index is 0.527. The molecule has 19 heavy (non-hydrogen) atoms. The van der Waals surface area contributed by atoms with Crippen LogP contribution in [0.3, 0.4) is 0 Å². The molecule has 1 aromatic carbocycles. The maximum absolute atomic E-state index is 6.16. The Kier molecular flexibility index (Phi) is 4.45. The summed E-state index contributed by atoms with van der Waals surface area (Å²) < 4.78 is 11.0. The van der Waals surface area contributed by atoms with Crippen molar-refractivity contribution < 1.29 is 9.47 Å². The van der Waals surface area contributed by atoms with Crippen LogP contribution in [0.25, 0.3) is 10.9 Å². The van der Waals surface area contributed by atoms with Crippen LogP contribution in [0.4, 0.5) is 0 Å². The summed E-state index contributed by atoms with van der Waals surface area (Å²) >= 11 is 6.16. The predicted molar refractivity (Wildman–Crippen MR) is 77.4 cm³/mol. The zero-order valence-corrected chi connectivity index (χ0v) is 12.1. The van der Waals surface area contributed by atoms with E-state index >= 15 is 0 Å². The summed E-state index contributed by atoms with van der Waals surface area (Å²) in [5.41, 5.74) is 0.698. The number of fused-ring (bicyclic) bond motifs is 1. The van der Waals surface area contributed by atoms with E-state index in [1.807, 2.05) is 31.1 Å². The molecule has 1 aromatic heterocycles. The van der Waals surface area contributed by atoms with Crippen molar-refractivity contribution in [2.24, 2.45) is 0 Å². The molecule has 102 valence electrons. The van der Waals surface area contributed by atoms with E-state index < -0.39 is 0 Å². The van der Waals surface area contributed by atoms with Crippen molar-refractivity contribution in [3.8, 4) is 11.6 Å². The number of methoxy groups -OCH3 is 1. The van der Waals surface area contributed by atoms with Crippen LogP contribution in [0.1, 0.15) is 0 Å². The first-order valence-corrected chi connectivity index (χ1v) is 6.40. The van der Waals surface area contributed by atoms with E-state index in [0.717, 1.165) is 11.9 Å². The van der Waals surface area contributed by atoms with Gasteiger partial charge in [0.05, 0.1) is 17.6 Å². The molecule has 5 heteroatoms. The van der Waals surface area contributed by atoms with Crippen LogP contribution in [0.2, 0.25) is 5.02 Å². The third-order valence-electron chi connectivity index (χ3n) is 2.74. The van der Waals surface area contributed by atoms with E-state index in [1.54, 1.807) is 19.2 Å². The van der Waals surface area contributed by atoms with Gasteiger partial charge in [0.15, 0.2) is 0 Å². The van der Waals surface area contributed by atoms with Gasteiger partial charge in [-0.25, -0.2) is 4.98 Å². The van der Waals surface area contributed by atoms with Crippen LogP contribution >= 0.6 is 11.6 Å². The highest BCUT2D eigenvalue weighted by Crippen LogP contribution is 2.32. The van der Waals surface area contributed by atoms with Gasteiger partial charge in [-0.05, 0) is 26.2 Å². The number of ether oxygens (including phenoxy) is 2. The highest BCUT2D eigenvalue weighted by Gasteiger charge is 2.09. The second kappa shape index (κ2) is 6.08. The first-order chi connectivity index (χ1) is 9.11. The summed E-state index contributed by atoms with van der Waals surface area (Å²) in [6.07, 6.45) is 0. The zero-order valence-electron chi connectivity index (χ0n) is 11.3. The monoisotopic (exact) mass is 280 g/mol. The van der Waals surface area contributed by atoms with Gasteiger partial charge in [0.1, 0.15) is 12.4 Å². The number of likely N-dealkylation sites (N-methyl/N-ethyl adjacent to an activating group) is 1. The van der Waals surface area contributed by atoms with Gasteiger partial charge in [-0.3, -0.25) is 0 Å². The van der Waals surface area contributed by atoms with Gasteiger partial charge in [-0.1, -0.05) is 17.7 Å². The van der Waals surface area contributed by atoms with Crippen LogP contribution in [0.5, 0.6) is 11.6 Å². The number of aromatic nitrogens is 1. The second-order valence-corrected chi connectivity index (χ2v) is 4.86. The highest BCUT2D eigenvalue weighted by molar-refractivity contribution is 6.35. The molecule has 0 aliphatic heterocycles. The first kappa shape index (κ1) is 13.9. The summed E-state index contributed by atoms with van der Waals surface area (Å²) in [5, 5.41) is 1.48. The van der Waals surface area contributed by atoms with Gasteiger partial charge in [0.25, 0.3) is 0 Å². The van der Waals surface area contributed by atoms with Crippen molar-refractivity contribution in [3.05, 3.63) is 29.3 Å². The van der Waals surface area contributed by atoms with E-state index in [1.165, 1.54) is 0 Å². The Morgan fingerprint density at radius 3 is 2.79 bits per heavy atom. The maximum Gasteiger partial charge on any atom is 0.217 e. The van der Waals surface area contributed by atoms with Crippen LogP contribution < -0.4 is 9.47 Å². The van der Waals surface area contributed by atoms with Crippen molar-refractivity contribution >= 4 is 22.5 Å². The van der Waals surface area contributed by atoms with E-state index in [0.29, 0.717) is 28.8 Å².